The minimum atomic E-state index is -4.43. The third-order valence-electron chi connectivity index (χ3n) is 5.28. The molecule has 9 heteroatoms. The number of pyridine rings is 1. The molecule has 1 aliphatic heterocycles. The number of nitrogens with zero attached hydrogens (tertiary/aromatic N) is 5. The molecule has 0 bridgehead atoms. The van der Waals surface area contributed by atoms with Crippen molar-refractivity contribution < 1.29 is 18.3 Å². The Balaban J connectivity index is 1.56. The topological polar surface area (TPSA) is 67.1 Å². The molecule has 0 aromatic carbocycles. The maximum Gasteiger partial charge on any atom is 0.419 e. The van der Waals surface area contributed by atoms with Gasteiger partial charge in [0.15, 0.2) is 0 Å². The highest BCUT2D eigenvalue weighted by Gasteiger charge is 2.45. The van der Waals surface area contributed by atoms with Crippen molar-refractivity contribution in [3.05, 3.63) is 36.5 Å². The predicted molar refractivity (Wildman–Crippen MR) is 82.7 cm³/mol. The zero-order chi connectivity index (χ0) is 17.6. The minimum absolute atomic E-state index is 0.0174. The molecule has 25 heavy (non-hydrogen) atoms. The van der Waals surface area contributed by atoms with Crippen LogP contribution in [0.2, 0.25) is 0 Å². The quantitative estimate of drug-likeness (QED) is 0.896. The van der Waals surface area contributed by atoms with Crippen molar-refractivity contribution in [3.63, 3.8) is 0 Å². The van der Waals surface area contributed by atoms with E-state index in [9.17, 15) is 18.3 Å². The molecule has 4 rings (SSSR count). The Morgan fingerprint density at radius 2 is 1.92 bits per heavy atom. The summed E-state index contributed by atoms with van der Waals surface area (Å²) in [6, 6.07) is 2.19. The summed E-state index contributed by atoms with van der Waals surface area (Å²) in [4.78, 5) is 9.61. The molecule has 0 spiro atoms. The summed E-state index contributed by atoms with van der Waals surface area (Å²) in [6.07, 6.45) is 0.582. The van der Waals surface area contributed by atoms with Gasteiger partial charge >= 0.3 is 6.18 Å². The Kier molecular flexibility index (Phi) is 3.90. The molecule has 6 nitrogen and oxygen atoms in total. The molecular weight excluding hydrogens is 335 g/mol. The molecule has 0 radical (unpaired) electrons. The summed E-state index contributed by atoms with van der Waals surface area (Å²) in [5, 5.41) is 14.5. The lowest BCUT2D eigenvalue weighted by Crippen LogP contribution is -2.36. The molecule has 2 aliphatic rings. The van der Waals surface area contributed by atoms with Crippen LogP contribution in [0.5, 0.6) is 0 Å². The molecule has 0 amide bonds. The smallest absolute Gasteiger partial charge is 0.391 e. The number of aliphatic hydroxyl groups excluding tert-OH is 1. The average molecular weight is 353 g/mol. The van der Waals surface area contributed by atoms with E-state index in [1.54, 1.807) is 15.9 Å². The van der Waals surface area contributed by atoms with Crippen molar-refractivity contribution in [2.24, 2.45) is 11.8 Å². The molecule has 1 aliphatic carbocycles. The minimum Gasteiger partial charge on any atom is -0.391 e. The normalized spacial score (nSPS) is 29.7. The van der Waals surface area contributed by atoms with Crippen molar-refractivity contribution >= 4 is 5.82 Å². The van der Waals surface area contributed by atoms with Gasteiger partial charge in [-0.3, -0.25) is 0 Å². The van der Waals surface area contributed by atoms with Crippen LogP contribution in [0.15, 0.2) is 31.0 Å². The van der Waals surface area contributed by atoms with E-state index in [0.717, 1.165) is 6.07 Å². The first-order valence-corrected chi connectivity index (χ1v) is 8.23. The van der Waals surface area contributed by atoms with E-state index in [1.165, 1.54) is 18.6 Å². The molecule has 2 aromatic heterocycles. The molecule has 2 fully saturated rings. The summed E-state index contributed by atoms with van der Waals surface area (Å²) >= 11 is 0. The first-order chi connectivity index (χ1) is 11.9. The summed E-state index contributed by atoms with van der Waals surface area (Å²) in [5.41, 5.74) is -0.706. The van der Waals surface area contributed by atoms with Crippen LogP contribution in [0.4, 0.5) is 19.0 Å². The van der Waals surface area contributed by atoms with Crippen molar-refractivity contribution in [2.75, 3.05) is 18.0 Å². The third-order valence-corrected chi connectivity index (χ3v) is 5.28. The first-order valence-electron chi connectivity index (χ1n) is 8.23. The number of aromatic nitrogens is 4. The number of aliphatic hydroxyl groups is 1. The second-order valence-electron chi connectivity index (χ2n) is 6.78. The number of hydrogen-bond donors (Lipinski definition) is 1. The summed E-state index contributed by atoms with van der Waals surface area (Å²) < 4.78 is 41.4. The Hall–Kier alpha value is -2.16. The molecule has 0 unspecified atom stereocenters. The van der Waals surface area contributed by atoms with Gasteiger partial charge in [-0.25, -0.2) is 14.6 Å². The molecule has 2 aromatic rings. The van der Waals surface area contributed by atoms with Crippen molar-refractivity contribution in [1.82, 2.24) is 19.7 Å². The maximum atomic E-state index is 13.3. The third kappa shape index (κ3) is 2.97. The lowest BCUT2D eigenvalue weighted by Gasteiger charge is -2.34. The average Bonchev–Trinajstić information content (AvgIpc) is 3.22. The molecule has 1 N–H and O–H groups in total. The van der Waals surface area contributed by atoms with E-state index in [2.05, 4.69) is 15.1 Å². The van der Waals surface area contributed by atoms with E-state index in [-0.39, 0.29) is 23.7 Å². The van der Waals surface area contributed by atoms with Gasteiger partial charge in [0.25, 0.3) is 0 Å². The zero-order valence-corrected chi connectivity index (χ0v) is 13.3. The second kappa shape index (κ2) is 5.98. The number of hydrogen-bond acceptors (Lipinski definition) is 5. The second-order valence-corrected chi connectivity index (χ2v) is 6.78. The number of fused-ring (bicyclic) bond motifs is 1. The fraction of sp³-hybridized carbons (Fsp3) is 0.562. The van der Waals surface area contributed by atoms with Crippen LogP contribution in [0, 0.1) is 11.8 Å². The molecular formula is C16H18F3N5O. The summed E-state index contributed by atoms with van der Waals surface area (Å²) in [5.74, 6) is 0.328. The van der Waals surface area contributed by atoms with Crippen LogP contribution >= 0.6 is 0 Å². The molecule has 4 atom stereocenters. The fourth-order valence-corrected chi connectivity index (χ4v) is 4.12. The summed E-state index contributed by atoms with van der Waals surface area (Å²) in [7, 11) is 0. The lowest BCUT2D eigenvalue weighted by atomic mass is 9.77. The molecule has 134 valence electrons. The van der Waals surface area contributed by atoms with Crippen molar-refractivity contribution in [1.29, 1.82) is 0 Å². The molecule has 1 saturated heterocycles. The van der Waals surface area contributed by atoms with Crippen LogP contribution in [0.3, 0.4) is 0 Å². The Morgan fingerprint density at radius 1 is 1.16 bits per heavy atom. The standard InChI is InChI=1S/C16H18F3N5O/c17-16(18,19)12-2-1-3-21-15(12)23-6-10-4-13(24-9-20-8-22-24)14(25)5-11(10)7-23/h1-3,8-11,13-14,25H,4-7H2/t10-,11+,13-,14-/m1/s1. The first kappa shape index (κ1) is 16.3. The van der Waals surface area contributed by atoms with Gasteiger partial charge in [0.05, 0.1) is 17.7 Å². The van der Waals surface area contributed by atoms with E-state index in [0.29, 0.717) is 25.9 Å². The SMILES string of the molecule is O[C@@H]1C[C@H]2CN(c3ncccc3C(F)(F)F)C[C@H]2C[C@H]1n1cncn1. The highest BCUT2D eigenvalue weighted by Crippen LogP contribution is 2.44. The van der Waals surface area contributed by atoms with E-state index < -0.39 is 17.8 Å². The highest BCUT2D eigenvalue weighted by atomic mass is 19.4. The van der Waals surface area contributed by atoms with Crippen molar-refractivity contribution in [3.8, 4) is 0 Å². The Morgan fingerprint density at radius 3 is 2.60 bits per heavy atom. The maximum absolute atomic E-state index is 13.3. The number of anilines is 1. The van der Waals surface area contributed by atoms with Gasteiger partial charge in [-0.05, 0) is 36.8 Å². The Bertz CT molecular complexity index is 736. The van der Waals surface area contributed by atoms with E-state index >= 15 is 0 Å². The number of alkyl halides is 3. The fourth-order valence-electron chi connectivity index (χ4n) is 4.12. The van der Waals surface area contributed by atoms with Gasteiger partial charge in [-0.2, -0.15) is 18.3 Å². The van der Waals surface area contributed by atoms with Gasteiger partial charge in [0.1, 0.15) is 18.5 Å². The van der Waals surface area contributed by atoms with Gasteiger partial charge < -0.3 is 10.0 Å². The van der Waals surface area contributed by atoms with Crippen LogP contribution in [-0.4, -0.2) is 44.0 Å². The summed E-state index contributed by atoms with van der Waals surface area (Å²) in [6.45, 7) is 0.981. The highest BCUT2D eigenvalue weighted by molar-refractivity contribution is 5.49. The largest absolute Gasteiger partial charge is 0.419 e. The van der Waals surface area contributed by atoms with Gasteiger partial charge in [0, 0.05) is 19.3 Å². The van der Waals surface area contributed by atoms with Crippen LogP contribution in [-0.2, 0) is 6.18 Å². The molecule has 1 saturated carbocycles. The zero-order valence-electron chi connectivity index (χ0n) is 13.3. The number of rotatable bonds is 2. The van der Waals surface area contributed by atoms with Gasteiger partial charge in [0.2, 0.25) is 0 Å². The Labute approximate surface area is 142 Å². The predicted octanol–water partition coefficient (Wildman–Crippen LogP) is 2.14. The monoisotopic (exact) mass is 353 g/mol. The van der Waals surface area contributed by atoms with Crippen LogP contribution in [0.25, 0.3) is 0 Å². The van der Waals surface area contributed by atoms with E-state index in [1.807, 2.05) is 0 Å². The van der Waals surface area contributed by atoms with Gasteiger partial charge in [-0.15, -0.1) is 0 Å². The number of halogens is 3. The van der Waals surface area contributed by atoms with Crippen LogP contribution < -0.4 is 4.90 Å². The van der Waals surface area contributed by atoms with Crippen LogP contribution in [0.1, 0.15) is 24.4 Å². The lowest BCUT2D eigenvalue weighted by molar-refractivity contribution is -0.137. The van der Waals surface area contributed by atoms with E-state index in [4.69, 9.17) is 0 Å². The van der Waals surface area contributed by atoms with Gasteiger partial charge in [-0.1, -0.05) is 0 Å². The molecule has 3 heterocycles. The van der Waals surface area contributed by atoms with Crippen molar-refractivity contribution in [2.45, 2.75) is 31.2 Å².